The molecule has 6 nitrogen and oxygen atoms in total. The van der Waals surface area contributed by atoms with Crippen molar-refractivity contribution in [2.75, 3.05) is 11.9 Å². The molecule has 0 unspecified atom stereocenters. The Morgan fingerprint density at radius 3 is 2.85 bits per heavy atom. The van der Waals surface area contributed by atoms with Crippen LogP contribution in [0.3, 0.4) is 0 Å². The summed E-state index contributed by atoms with van der Waals surface area (Å²) in [5.74, 6) is -1.04. The number of hydrogen-bond donors (Lipinski definition) is 1. The molecule has 0 atom stereocenters. The number of anilines is 1. The van der Waals surface area contributed by atoms with Gasteiger partial charge < -0.3 is 9.73 Å². The van der Waals surface area contributed by atoms with E-state index in [0.717, 1.165) is 22.7 Å². The Morgan fingerprint density at radius 1 is 1.27 bits per heavy atom. The van der Waals surface area contributed by atoms with E-state index in [4.69, 9.17) is 4.42 Å². The van der Waals surface area contributed by atoms with E-state index in [2.05, 4.69) is 5.32 Å². The van der Waals surface area contributed by atoms with Gasteiger partial charge in [0.2, 0.25) is 5.91 Å². The molecule has 8 heteroatoms. The molecule has 0 radical (unpaired) electrons. The number of imide groups is 1. The summed E-state index contributed by atoms with van der Waals surface area (Å²) in [6, 6.07) is 8.81. The van der Waals surface area contributed by atoms with Crippen LogP contribution >= 0.6 is 11.8 Å². The van der Waals surface area contributed by atoms with Crippen molar-refractivity contribution in [2.45, 2.75) is 0 Å². The number of hydrogen-bond acceptors (Lipinski definition) is 5. The number of rotatable bonds is 5. The highest BCUT2D eigenvalue weighted by molar-refractivity contribution is 8.18. The Hall–Kier alpha value is -3.13. The summed E-state index contributed by atoms with van der Waals surface area (Å²) in [5, 5.41) is 1.91. The molecule has 1 aliphatic heterocycles. The van der Waals surface area contributed by atoms with Gasteiger partial charge in [-0.2, -0.15) is 0 Å². The number of benzene rings is 1. The summed E-state index contributed by atoms with van der Waals surface area (Å²) in [7, 11) is 0. The van der Waals surface area contributed by atoms with Crippen molar-refractivity contribution in [2.24, 2.45) is 0 Å². The Labute approximate surface area is 152 Å². The molecular weight excluding hydrogens is 359 g/mol. The molecule has 0 saturated carbocycles. The summed E-state index contributed by atoms with van der Waals surface area (Å²) in [4.78, 5) is 37.3. The first-order chi connectivity index (χ1) is 12.5. The average molecular weight is 372 g/mol. The third kappa shape index (κ3) is 4.28. The molecule has 1 N–H and O–H groups in total. The number of allylic oxidation sites excluding steroid dienone is 2. The van der Waals surface area contributed by atoms with Gasteiger partial charge in [-0.15, -0.1) is 0 Å². The lowest BCUT2D eigenvalue weighted by atomic mass is 10.3. The monoisotopic (exact) mass is 372 g/mol. The van der Waals surface area contributed by atoms with Crippen LogP contribution < -0.4 is 5.32 Å². The largest absolute Gasteiger partial charge is 0.465 e. The molecule has 1 saturated heterocycles. The molecule has 1 aromatic heterocycles. The van der Waals surface area contributed by atoms with Crippen LogP contribution in [0.4, 0.5) is 14.9 Å². The smallest absolute Gasteiger partial charge is 0.294 e. The Bertz CT molecular complexity index is 906. The van der Waals surface area contributed by atoms with E-state index in [1.54, 1.807) is 24.3 Å². The van der Waals surface area contributed by atoms with E-state index < -0.39 is 29.4 Å². The van der Waals surface area contributed by atoms with Crippen molar-refractivity contribution in [3.63, 3.8) is 0 Å². The van der Waals surface area contributed by atoms with Gasteiger partial charge in [-0.05, 0) is 54.2 Å². The molecule has 132 valence electrons. The van der Waals surface area contributed by atoms with Crippen LogP contribution in [0.25, 0.3) is 6.08 Å². The Balaban J connectivity index is 1.62. The lowest BCUT2D eigenvalue weighted by Crippen LogP contribution is -2.36. The van der Waals surface area contributed by atoms with Crippen molar-refractivity contribution >= 4 is 40.6 Å². The van der Waals surface area contributed by atoms with Gasteiger partial charge in [0.15, 0.2) is 0 Å². The second-order valence-corrected chi connectivity index (χ2v) is 6.22. The zero-order chi connectivity index (χ0) is 18.5. The standard InChI is InChI=1S/C18H13FN2O4S/c19-12-4-1-5-13(10-12)20-16(22)11-21-17(23)15(26-18(21)24)8-2-6-14-7-3-9-25-14/h1-10H,11H2,(H,20,22)/b6-2+,15-8+. The van der Waals surface area contributed by atoms with Crippen LogP contribution in [0, 0.1) is 5.82 Å². The molecule has 3 rings (SSSR count). The minimum absolute atomic E-state index is 0.205. The third-order valence-corrected chi connectivity index (χ3v) is 4.26. The molecule has 2 aromatic rings. The normalized spacial score (nSPS) is 16.0. The van der Waals surface area contributed by atoms with Gasteiger partial charge in [-0.3, -0.25) is 19.3 Å². The maximum Gasteiger partial charge on any atom is 0.294 e. The predicted molar refractivity (Wildman–Crippen MR) is 95.6 cm³/mol. The van der Waals surface area contributed by atoms with E-state index in [1.807, 2.05) is 0 Å². The summed E-state index contributed by atoms with van der Waals surface area (Å²) < 4.78 is 18.2. The van der Waals surface area contributed by atoms with Crippen LogP contribution in [-0.4, -0.2) is 28.5 Å². The number of halogens is 1. The van der Waals surface area contributed by atoms with E-state index in [0.29, 0.717) is 5.76 Å². The lowest BCUT2D eigenvalue weighted by Gasteiger charge is -2.12. The molecule has 0 aliphatic carbocycles. The van der Waals surface area contributed by atoms with Gasteiger partial charge in [-0.1, -0.05) is 12.1 Å². The summed E-state index contributed by atoms with van der Waals surface area (Å²) in [6.07, 6.45) is 6.23. The van der Waals surface area contributed by atoms with E-state index in [-0.39, 0.29) is 10.6 Å². The number of thioether (sulfide) groups is 1. The van der Waals surface area contributed by atoms with Crippen LogP contribution in [-0.2, 0) is 9.59 Å². The van der Waals surface area contributed by atoms with Gasteiger partial charge in [0.05, 0.1) is 11.2 Å². The van der Waals surface area contributed by atoms with Crippen LogP contribution in [0.2, 0.25) is 0 Å². The van der Waals surface area contributed by atoms with Gasteiger partial charge in [-0.25, -0.2) is 4.39 Å². The summed E-state index contributed by atoms with van der Waals surface area (Å²) >= 11 is 0.746. The molecule has 1 fully saturated rings. The quantitative estimate of drug-likeness (QED) is 0.811. The predicted octanol–water partition coefficient (Wildman–Crippen LogP) is 3.65. The Morgan fingerprint density at radius 2 is 2.12 bits per heavy atom. The second kappa shape index (κ2) is 7.83. The van der Waals surface area contributed by atoms with Crippen molar-refractivity contribution < 1.29 is 23.2 Å². The van der Waals surface area contributed by atoms with Gasteiger partial charge in [0, 0.05) is 5.69 Å². The first kappa shape index (κ1) is 17.7. The molecule has 26 heavy (non-hydrogen) atoms. The molecule has 1 aromatic carbocycles. The SMILES string of the molecule is O=C(CN1C(=O)S/C(=C/C=C/c2ccco2)C1=O)Nc1cccc(F)c1. The minimum Gasteiger partial charge on any atom is -0.465 e. The Kier molecular flexibility index (Phi) is 5.33. The maximum absolute atomic E-state index is 13.1. The van der Waals surface area contributed by atoms with E-state index >= 15 is 0 Å². The first-order valence-electron chi connectivity index (χ1n) is 7.54. The second-order valence-electron chi connectivity index (χ2n) is 5.22. The van der Waals surface area contributed by atoms with Crippen LogP contribution in [0.1, 0.15) is 5.76 Å². The van der Waals surface area contributed by atoms with E-state index in [1.165, 1.54) is 30.5 Å². The van der Waals surface area contributed by atoms with Crippen LogP contribution in [0.15, 0.2) is 64.1 Å². The first-order valence-corrected chi connectivity index (χ1v) is 8.35. The fourth-order valence-electron chi connectivity index (χ4n) is 2.18. The van der Waals surface area contributed by atoms with Crippen molar-refractivity contribution in [3.05, 3.63) is 71.3 Å². The molecular formula is C18H13FN2O4S. The van der Waals surface area contributed by atoms with Gasteiger partial charge >= 0.3 is 0 Å². The fraction of sp³-hybridized carbons (Fsp3) is 0.0556. The number of nitrogens with zero attached hydrogens (tertiary/aromatic N) is 1. The molecule has 0 bridgehead atoms. The zero-order valence-corrected chi connectivity index (χ0v) is 14.2. The van der Waals surface area contributed by atoms with Crippen molar-refractivity contribution in [3.8, 4) is 0 Å². The number of nitrogens with one attached hydrogen (secondary N) is 1. The lowest BCUT2D eigenvalue weighted by molar-refractivity contribution is -0.127. The topological polar surface area (TPSA) is 79.6 Å². The third-order valence-electron chi connectivity index (χ3n) is 3.33. The van der Waals surface area contributed by atoms with Crippen molar-refractivity contribution in [1.29, 1.82) is 0 Å². The van der Waals surface area contributed by atoms with Gasteiger partial charge in [0.1, 0.15) is 18.1 Å². The average Bonchev–Trinajstić information content (AvgIpc) is 3.19. The van der Waals surface area contributed by atoms with Crippen molar-refractivity contribution in [1.82, 2.24) is 4.90 Å². The maximum atomic E-state index is 13.1. The molecule has 1 aliphatic rings. The zero-order valence-electron chi connectivity index (χ0n) is 13.3. The van der Waals surface area contributed by atoms with Crippen LogP contribution in [0.5, 0.6) is 0 Å². The summed E-state index contributed by atoms with van der Waals surface area (Å²) in [6.45, 7) is -0.444. The summed E-state index contributed by atoms with van der Waals surface area (Å²) in [5.41, 5.74) is 0.249. The highest BCUT2D eigenvalue weighted by Gasteiger charge is 2.35. The number of carbonyl (C=O) groups is 3. The van der Waals surface area contributed by atoms with Gasteiger partial charge in [0.25, 0.3) is 11.1 Å². The molecule has 2 heterocycles. The number of amides is 3. The molecule has 0 spiro atoms. The highest BCUT2D eigenvalue weighted by Crippen LogP contribution is 2.30. The number of carbonyl (C=O) groups excluding carboxylic acids is 3. The van der Waals surface area contributed by atoms with E-state index in [9.17, 15) is 18.8 Å². The fourth-order valence-corrected chi connectivity index (χ4v) is 2.97. The molecule has 3 amide bonds. The highest BCUT2D eigenvalue weighted by atomic mass is 32.2. The number of furan rings is 1. The minimum atomic E-state index is -0.592.